The van der Waals surface area contributed by atoms with Crippen molar-refractivity contribution in [1.82, 2.24) is 35.0 Å². The van der Waals surface area contributed by atoms with E-state index in [-0.39, 0.29) is 11.7 Å². The summed E-state index contributed by atoms with van der Waals surface area (Å²) in [6, 6.07) is 12.7. The Balaban J connectivity index is 1.61. The van der Waals surface area contributed by atoms with E-state index in [2.05, 4.69) is 30.9 Å². The van der Waals surface area contributed by atoms with Crippen LogP contribution in [0.3, 0.4) is 0 Å². The number of nitrogens with zero attached hydrogens (tertiary/aromatic N) is 7. The third-order valence-electron chi connectivity index (χ3n) is 4.72. The molecule has 3 heterocycles. The number of phenolic OH excluding ortho intramolecular Hbond substituents is 1. The minimum Gasteiger partial charge on any atom is -0.508 e. The lowest BCUT2D eigenvalue weighted by molar-refractivity contribution is -0.145. The largest absolute Gasteiger partial charge is 0.508 e. The van der Waals surface area contributed by atoms with Crippen LogP contribution in [0.5, 0.6) is 5.75 Å². The second kappa shape index (κ2) is 6.93. The van der Waals surface area contributed by atoms with Crippen LogP contribution in [0.15, 0.2) is 60.9 Å². The molecule has 2 aromatic heterocycles. The lowest BCUT2D eigenvalue weighted by Crippen LogP contribution is -2.20. The van der Waals surface area contributed by atoms with Crippen molar-refractivity contribution in [3.8, 4) is 11.4 Å². The average Bonchev–Trinajstić information content (AvgIpc) is 3.44. The third-order valence-corrected chi connectivity index (χ3v) is 4.72. The smallest absolute Gasteiger partial charge is 0.453 e. The highest BCUT2D eigenvalue weighted by Gasteiger charge is 2.39. The summed E-state index contributed by atoms with van der Waals surface area (Å²) in [6.45, 7) is 0. The van der Waals surface area contributed by atoms with Gasteiger partial charge in [-0.3, -0.25) is 0 Å². The molecule has 0 radical (unpaired) electrons. The van der Waals surface area contributed by atoms with Gasteiger partial charge < -0.3 is 10.4 Å². The molecule has 0 saturated heterocycles. The fourth-order valence-corrected chi connectivity index (χ4v) is 3.29. The zero-order chi connectivity index (χ0) is 21.6. The molecule has 5 rings (SSSR count). The Morgan fingerprint density at radius 2 is 1.87 bits per heavy atom. The molecule has 12 heteroatoms. The Bertz CT molecular complexity index is 1260. The van der Waals surface area contributed by atoms with Gasteiger partial charge in [0.25, 0.3) is 5.82 Å². The number of alkyl halides is 3. The number of benzene rings is 2. The maximum atomic E-state index is 13.2. The highest BCUT2D eigenvalue weighted by molar-refractivity contribution is 5.78. The summed E-state index contributed by atoms with van der Waals surface area (Å²) in [7, 11) is 0. The molecule has 0 fully saturated rings. The summed E-state index contributed by atoms with van der Waals surface area (Å²) in [5.41, 5.74) is 2.55. The Kier molecular flexibility index (Phi) is 4.20. The van der Waals surface area contributed by atoms with Crippen molar-refractivity contribution in [3.05, 3.63) is 77.9 Å². The summed E-state index contributed by atoms with van der Waals surface area (Å²) in [5.74, 6) is -1.24. The van der Waals surface area contributed by atoms with Gasteiger partial charge in [0.15, 0.2) is 0 Å². The van der Waals surface area contributed by atoms with Crippen molar-refractivity contribution in [2.45, 2.75) is 12.2 Å². The van der Waals surface area contributed by atoms with E-state index in [1.807, 2.05) is 0 Å². The van der Waals surface area contributed by atoms with Gasteiger partial charge in [-0.2, -0.15) is 18.2 Å². The molecule has 1 aliphatic heterocycles. The minimum atomic E-state index is -4.69. The maximum absolute atomic E-state index is 13.2. The van der Waals surface area contributed by atoms with Crippen molar-refractivity contribution >= 4 is 11.6 Å². The molecule has 0 bridgehead atoms. The molecule has 1 aliphatic rings. The first-order chi connectivity index (χ1) is 14.9. The number of hydrogen-bond acceptors (Lipinski definition) is 7. The van der Waals surface area contributed by atoms with Crippen molar-refractivity contribution in [2.75, 3.05) is 5.32 Å². The first-order valence-electron chi connectivity index (χ1n) is 9.04. The molecule has 0 spiro atoms. The summed E-state index contributed by atoms with van der Waals surface area (Å²) < 4.78 is 42.4. The SMILES string of the molecule is Oc1ccc([C@@H]2C=C(c3cccc(-n4cnnn4)c3)Nc3nc(C(F)(F)F)nn32)cc1. The normalized spacial score (nSPS) is 15.8. The van der Waals surface area contributed by atoms with Gasteiger partial charge in [-0.15, -0.1) is 10.2 Å². The Labute approximate surface area is 172 Å². The van der Waals surface area contributed by atoms with Gasteiger partial charge in [-0.1, -0.05) is 24.3 Å². The van der Waals surface area contributed by atoms with E-state index >= 15 is 0 Å². The number of tetrazole rings is 1. The van der Waals surface area contributed by atoms with Crippen molar-refractivity contribution < 1.29 is 18.3 Å². The first kappa shape index (κ1) is 18.8. The van der Waals surface area contributed by atoms with Gasteiger partial charge in [0, 0.05) is 5.70 Å². The van der Waals surface area contributed by atoms with Crippen LogP contribution < -0.4 is 5.32 Å². The molecule has 0 saturated carbocycles. The Morgan fingerprint density at radius 1 is 1.06 bits per heavy atom. The number of aromatic nitrogens is 7. The quantitative estimate of drug-likeness (QED) is 0.519. The predicted octanol–water partition coefficient (Wildman–Crippen LogP) is 3.03. The van der Waals surface area contributed by atoms with Gasteiger partial charge in [-0.05, 0) is 51.9 Å². The number of hydrogen-bond donors (Lipinski definition) is 2. The lowest BCUT2D eigenvalue weighted by Gasteiger charge is -2.24. The molecule has 0 unspecified atom stereocenters. The van der Waals surface area contributed by atoms with Crippen molar-refractivity contribution in [3.63, 3.8) is 0 Å². The first-order valence-corrected chi connectivity index (χ1v) is 9.04. The van der Waals surface area contributed by atoms with E-state index in [4.69, 9.17) is 0 Å². The molecule has 31 heavy (non-hydrogen) atoms. The van der Waals surface area contributed by atoms with Gasteiger partial charge in [0.2, 0.25) is 5.95 Å². The van der Waals surface area contributed by atoms with Gasteiger partial charge in [0.05, 0.1) is 5.69 Å². The number of allylic oxidation sites excluding steroid dienone is 1. The summed E-state index contributed by atoms with van der Waals surface area (Å²) in [4.78, 5) is 3.65. The van der Waals surface area contributed by atoms with Gasteiger partial charge in [-0.25, -0.2) is 9.36 Å². The number of nitrogens with one attached hydrogen (secondary N) is 1. The number of halogens is 3. The van der Waals surface area contributed by atoms with Crippen molar-refractivity contribution in [2.24, 2.45) is 0 Å². The molecule has 2 N–H and O–H groups in total. The van der Waals surface area contributed by atoms with E-state index in [0.29, 0.717) is 22.5 Å². The van der Waals surface area contributed by atoms with E-state index in [9.17, 15) is 18.3 Å². The molecule has 0 aliphatic carbocycles. The molecule has 4 aromatic rings. The number of phenols is 1. The summed E-state index contributed by atoms with van der Waals surface area (Å²) >= 11 is 0. The van der Waals surface area contributed by atoms with Gasteiger partial charge in [0.1, 0.15) is 18.1 Å². The highest BCUT2D eigenvalue weighted by Crippen LogP contribution is 2.36. The van der Waals surface area contributed by atoms with Crippen LogP contribution in [-0.2, 0) is 6.18 Å². The van der Waals surface area contributed by atoms with E-state index < -0.39 is 18.0 Å². The van der Waals surface area contributed by atoms with Crippen LogP contribution in [0.25, 0.3) is 11.4 Å². The predicted molar refractivity (Wildman–Crippen MR) is 102 cm³/mol. The number of anilines is 1. The second-order valence-electron chi connectivity index (χ2n) is 6.75. The van der Waals surface area contributed by atoms with Crippen LogP contribution >= 0.6 is 0 Å². The van der Waals surface area contributed by atoms with Crippen LogP contribution in [0.2, 0.25) is 0 Å². The summed E-state index contributed by atoms with van der Waals surface area (Å²) in [6.07, 6.45) is -1.51. The number of aromatic hydroxyl groups is 1. The molecule has 156 valence electrons. The fraction of sp³-hybridized carbons (Fsp3) is 0.105. The molecule has 1 atom stereocenters. The Morgan fingerprint density at radius 3 is 2.58 bits per heavy atom. The van der Waals surface area contributed by atoms with Crippen LogP contribution in [0, 0.1) is 0 Å². The number of rotatable bonds is 3. The fourth-order valence-electron chi connectivity index (χ4n) is 3.29. The average molecular weight is 426 g/mol. The lowest BCUT2D eigenvalue weighted by atomic mass is 10.0. The van der Waals surface area contributed by atoms with Gasteiger partial charge >= 0.3 is 6.18 Å². The summed E-state index contributed by atoms with van der Waals surface area (Å²) in [5, 5.41) is 27.2. The highest BCUT2D eigenvalue weighted by atomic mass is 19.4. The molecular weight excluding hydrogens is 413 g/mol. The van der Waals surface area contributed by atoms with Crippen molar-refractivity contribution in [1.29, 1.82) is 0 Å². The van der Waals surface area contributed by atoms with E-state index in [0.717, 1.165) is 0 Å². The zero-order valence-electron chi connectivity index (χ0n) is 15.6. The molecule has 9 nitrogen and oxygen atoms in total. The minimum absolute atomic E-state index is 0.0456. The van der Waals surface area contributed by atoms with Crippen LogP contribution in [0.1, 0.15) is 23.0 Å². The maximum Gasteiger partial charge on any atom is 0.453 e. The monoisotopic (exact) mass is 426 g/mol. The van der Waals surface area contributed by atoms with Crippen LogP contribution in [-0.4, -0.2) is 40.1 Å². The second-order valence-corrected chi connectivity index (χ2v) is 6.75. The third kappa shape index (κ3) is 3.47. The van der Waals surface area contributed by atoms with Crippen LogP contribution in [0.4, 0.5) is 19.1 Å². The standard InChI is InChI=1S/C19H13F3N8O/c20-19(21,22)17-25-18-24-15(12-2-1-3-13(8-12)29-10-23-27-28-29)9-16(30(18)26-17)11-4-6-14(31)7-5-11/h1-10,16,31H,(H,24,25,26)/t16-/m0/s1. The molecule has 0 amide bonds. The topological polar surface area (TPSA) is 107 Å². The Hall–Kier alpha value is -4.22. The van der Waals surface area contributed by atoms with E-state index in [1.165, 1.54) is 27.8 Å². The molecular formula is C19H13F3N8O. The molecule has 2 aromatic carbocycles. The number of fused-ring (bicyclic) bond motifs is 1. The zero-order valence-corrected chi connectivity index (χ0v) is 15.6. The van der Waals surface area contributed by atoms with E-state index in [1.54, 1.807) is 42.5 Å².